The minimum absolute atomic E-state index is 0.135. The molecule has 0 atom stereocenters. The number of aliphatic imine (C=N–C) groups is 1. The van der Waals surface area contributed by atoms with Gasteiger partial charge in [-0.2, -0.15) is 0 Å². The molecule has 1 N–H and O–H groups in total. The molecule has 2 aromatic rings. The van der Waals surface area contributed by atoms with Gasteiger partial charge >= 0.3 is 0 Å². The second-order valence-electron chi connectivity index (χ2n) is 7.36. The summed E-state index contributed by atoms with van der Waals surface area (Å²) in [4.78, 5) is 20.5. The highest BCUT2D eigenvalue weighted by Crippen LogP contribution is 2.24. The minimum Gasteiger partial charge on any atom is -0.322 e. The van der Waals surface area contributed by atoms with Crippen LogP contribution in [-0.2, 0) is 6.42 Å². The lowest BCUT2D eigenvalue weighted by Gasteiger charge is -2.19. The first kappa shape index (κ1) is 19.6. The summed E-state index contributed by atoms with van der Waals surface area (Å²) >= 11 is 0. The number of amides is 1. The van der Waals surface area contributed by atoms with Crippen molar-refractivity contribution in [3.63, 3.8) is 0 Å². The van der Waals surface area contributed by atoms with Crippen LogP contribution in [0.1, 0.15) is 43.6 Å². The number of allylic oxidation sites excluding steroid dienone is 2. The molecule has 1 aromatic carbocycles. The van der Waals surface area contributed by atoms with Crippen molar-refractivity contribution in [2.75, 3.05) is 12.4 Å². The van der Waals surface area contributed by atoms with E-state index >= 15 is 0 Å². The first-order valence-corrected chi connectivity index (χ1v) is 8.74. The van der Waals surface area contributed by atoms with E-state index in [0.29, 0.717) is 5.56 Å². The number of carbonyl (C=O) groups excluding carboxylic acids is 1. The van der Waals surface area contributed by atoms with E-state index in [4.69, 9.17) is 0 Å². The van der Waals surface area contributed by atoms with Crippen LogP contribution in [0.15, 0.2) is 65.4 Å². The molecule has 0 aliphatic carbocycles. The zero-order valence-electron chi connectivity index (χ0n) is 16.2. The number of anilines is 1. The Bertz CT molecular complexity index is 798. The predicted molar refractivity (Wildman–Crippen MR) is 109 cm³/mol. The highest BCUT2D eigenvalue weighted by Gasteiger charge is 2.13. The monoisotopic (exact) mass is 349 g/mol. The van der Waals surface area contributed by atoms with E-state index in [1.54, 1.807) is 24.5 Å². The van der Waals surface area contributed by atoms with Crippen molar-refractivity contribution in [2.24, 2.45) is 10.4 Å². The fourth-order valence-corrected chi connectivity index (χ4v) is 2.28. The highest BCUT2D eigenvalue weighted by molar-refractivity contribution is 6.04. The smallest absolute Gasteiger partial charge is 0.257 e. The molecule has 0 radical (unpaired) electrons. The van der Waals surface area contributed by atoms with Gasteiger partial charge in [0, 0.05) is 37.3 Å². The maximum Gasteiger partial charge on any atom is 0.257 e. The number of pyridine rings is 1. The molecule has 0 bridgehead atoms. The van der Waals surface area contributed by atoms with Crippen LogP contribution in [0.2, 0.25) is 0 Å². The second-order valence-corrected chi connectivity index (χ2v) is 7.36. The van der Waals surface area contributed by atoms with E-state index in [2.05, 4.69) is 49.1 Å². The van der Waals surface area contributed by atoms with Gasteiger partial charge in [-0.15, -0.1) is 0 Å². The Balaban J connectivity index is 2.04. The molecule has 1 amide bonds. The Hall–Kier alpha value is -2.75. The maximum absolute atomic E-state index is 12.2. The Morgan fingerprint density at radius 1 is 1.19 bits per heavy atom. The summed E-state index contributed by atoms with van der Waals surface area (Å²) in [7, 11) is 1.82. The third-order valence-corrected chi connectivity index (χ3v) is 4.37. The molecule has 0 aliphatic rings. The van der Waals surface area contributed by atoms with E-state index in [1.807, 2.05) is 31.3 Å². The Morgan fingerprint density at radius 2 is 1.88 bits per heavy atom. The molecular formula is C22H27N3O. The summed E-state index contributed by atoms with van der Waals surface area (Å²) in [5.41, 5.74) is 4.95. The van der Waals surface area contributed by atoms with Gasteiger partial charge in [0.05, 0.1) is 5.56 Å². The first-order valence-electron chi connectivity index (χ1n) is 8.74. The van der Waals surface area contributed by atoms with Crippen molar-refractivity contribution in [3.8, 4) is 0 Å². The summed E-state index contributed by atoms with van der Waals surface area (Å²) in [5.74, 6) is -0.162. The van der Waals surface area contributed by atoms with Gasteiger partial charge in [-0.25, -0.2) is 0 Å². The fourth-order valence-electron chi connectivity index (χ4n) is 2.28. The van der Waals surface area contributed by atoms with Crippen LogP contribution in [0, 0.1) is 5.41 Å². The lowest BCUT2D eigenvalue weighted by Crippen LogP contribution is -2.12. The summed E-state index contributed by atoms with van der Waals surface area (Å²) < 4.78 is 0. The van der Waals surface area contributed by atoms with Gasteiger partial charge in [0.25, 0.3) is 5.91 Å². The van der Waals surface area contributed by atoms with Crippen LogP contribution >= 0.6 is 0 Å². The van der Waals surface area contributed by atoms with Crippen molar-refractivity contribution in [2.45, 2.75) is 34.1 Å². The van der Waals surface area contributed by atoms with Crippen molar-refractivity contribution in [3.05, 3.63) is 71.6 Å². The number of nitrogens with one attached hydrogen (secondary N) is 1. The molecular weight excluding hydrogens is 322 g/mol. The Kier molecular flexibility index (Phi) is 6.45. The average Bonchev–Trinajstić information content (AvgIpc) is 2.62. The quantitative estimate of drug-likeness (QED) is 0.777. The molecule has 4 nitrogen and oxygen atoms in total. The van der Waals surface area contributed by atoms with Crippen molar-refractivity contribution in [1.82, 2.24) is 4.98 Å². The number of benzene rings is 1. The summed E-state index contributed by atoms with van der Waals surface area (Å²) in [6.07, 6.45) is 6.13. The molecule has 0 saturated carbocycles. The SMILES string of the molecule is CN=C(/C=C(\C)C(C)(C)C)Cc1ccc(NC(=O)c2cccnc2)cc1. The average molecular weight is 349 g/mol. The molecule has 2 rings (SSSR count). The van der Waals surface area contributed by atoms with Crippen LogP contribution in [0.3, 0.4) is 0 Å². The van der Waals surface area contributed by atoms with Gasteiger partial charge in [0.2, 0.25) is 0 Å². The molecule has 0 spiro atoms. The molecule has 0 fully saturated rings. The van der Waals surface area contributed by atoms with E-state index in [9.17, 15) is 4.79 Å². The zero-order chi connectivity index (χ0) is 19.2. The number of carbonyl (C=O) groups is 1. The largest absolute Gasteiger partial charge is 0.322 e. The third kappa shape index (κ3) is 5.66. The lowest BCUT2D eigenvalue weighted by atomic mass is 9.86. The van der Waals surface area contributed by atoms with Crippen LogP contribution in [0.25, 0.3) is 0 Å². The van der Waals surface area contributed by atoms with Gasteiger partial charge in [-0.3, -0.25) is 14.8 Å². The number of nitrogens with zero attached hydrogens (tertiary/aromatic N) is 2. The zero-order valence-corrected chi connectivity index (χ0v) is 16.2. The molecule has 26 heavy (non-hydrogen) atoms. The Morgan fingerprint density at radius 3 is 2.42 bits per heavy atom. The molecule has 1 aromatic heterocycles. The topological polar surface area (TPSA) is 54.4 Å². The van der Waals surface area contributed by atoms with Crippen molar-refractivity contribution >= 4 is 17.3 Å². The van der Waals surface area contributed by atoms with E-state index in [0.717, 1.165) is 23.4 Å². The van der Waals surface area contributed by atoms with Crippen molar-refractivity contribution in [1.29, 1.82) is 0 Å². The second kappa shape index (κ2) is 8.56. The van der Waals surface area contributed by atoms with E-state index in [1.165, 1.54) is 5.57 Å². The molecule has 0 unspecified atom stereocenters. The van der Waals surface area contributed by atoms with Gasteiger partial charge in [-0.1, -0.05) is 38.5 Å². The number of hydrogen-bond donors (Lipinski definition) is 1. The van der Waals surface area contributed by atoms with E-state index in [-0.39, 0.29) is 11.3 Å². The van der Waals surface area contributed by atoms with E-state index < -0.39 is 0 Å². The fraction of sp³-hybridized carbons (Fsp3) is 0.318. The highest BCUT2D eigenvalue weighted by atomic mass is 16.1. The first-order chi connectivity index (χ1) is 12.3. The third-order valence-electron chi connectivity index (χ3n) is 4.37. The van der Waals surface area contributed by atoms with Crippen LogP contribution in [-0.4, -0.2) is 23.7 Å². The minimum atomic E-state index is -0.162. The van der Waals surface area contributed by atoms with Gasteiger partial charge in [-0.05, 0) is 48.2 Å². The standard InChI is InChI=1S/C22H27N3O/c1-16(22(2,3)4)13-20(23-5)14-17-8-10-19(11-9-17)25-21(26)18-7-6-12-24-15-18/h6-13,15H,14H2,1-5H3,(H,25,26)/b16-13+,23-20?. The van der Waals surface area contributed by atoms with Crippen molar-refractivity contribution < 1.29 is 4.79 Å². The normalized spacial score (nSPS) is 12.8. The molecule has 0 aliphatic heterocycles. The van der Waals surface area contributed by atoms with Gasteiger partial charge in [0.1, 0.15) is 0 Å². The lowest BCUT2D eigenvalue weighted by molar-refractivity contribution is 0.102. The number of rotatable bonds is 5. The number of hydrogen-bond acceptors (Lipinski definition) is 3. The molecule has 136 valence electrons. The molecule has 0 saturated heterocycles. The summed E-state index contributed by atoms with van der Waals surface area (Å²) in [6.45, 7) is 8.74. The number of aromatic nitrogens is 1. The van der Waals surface area contributed by atoms with Crippen LogP contribution < -0.4 is 5.32 Å². The van der Waals surface area contributed by atoms with Gasteiger partial charge in [0.15, 0.2) is 0 Å². The van der Waals surface area contributed by atoms with Crippen LogP contribution in [0.4, 0.5) is 5.69 Å². The van der Waals surface area contributed by atoms with Gasteiger partial charge < -0.3 is 5.32 Å². The predicted octanol–water partition coefficient (Wildman–Crippen LogP) is 4.94. The summed E-state index contributed by atoms with van der Waals surface area (Å²) in [6, 6.07) is 11.4. The Labute approximate surface area is 156 Å². The molecule has 1 heterocycles. The molecule has 4 heteroatoms. The summed E-state index contributed by atoms with van der Waals surface area (Å²) in [5, 5.41) is 2.88. The van der Waals surface area contributed by atoms with Crippen LogP contribution in [0.5, 0.6) is 0 Å². The maximum atomic E-state index is 12.2.